The molecular weight excluding hydrogens is 328 g/mol. The molecule has 0 radical (unpaired) electrons. The summed E-state index contributed by atoms with van der Waals surface area (Å²) < 4.78 is 3.50. The minimum Gasteiger partial charge on any atom is -0.308 e. The minimum atomic E-state index is 0.0237. The highest BCUT2D eigenvalue weighted by molar-refractivity contribution is 5.10. The van der Waals surface area contributed by atoms with Crippen LogP contribution in [0.1, 0.15) is 37.1 Å². The minimum absolute atomic E-state index is 0.0237. The van der Waals surface area contributed by atoms with E-state index in [-0.39, 0.29) is 5.69 Å². The van der Waals surface area contributed by atoms with Gasteiger partial charge in [0.1, 0.15) is 5.82 Å². The predicted molar refractivity (Wildman–Crippen MR) is 102 cm³/mol. The lowest BCUT2D eigenvalue weighted by Crippen LogP contribution is -2.35. The summed E-state index contributed by atoms with van der Waals surface area (Å²) in [6.45, 7) is 7.13. The second kappa shape index (κ2) is 8.60. The monoisotopic (exact) mass is 358 g/mol. The van der Waals surface area contributed by atoms with E-state index in [9.17, 15) is 4.79 Å². The molecule has 142 valence electrons. The van der Waals surface area contributed by atoms with Crippen LogP contribution in [-0.2, 0) is 19.6 Å². The van der Waals surface area contributed by atoms with Gasteiger partial charge < -0.3 is 4.90 Å². The fraction of sp³-hybridized carbons (Fsp3) is 0.632. The lowest BCUT2D eigenvalue weighted by atomic mass is 9.96. The van der Waals surface area contributed by atoms with Gasteiger partial charge in [-0.05, 0) is 58.1 Å². The lowest BCUT2D eigenvalue weighted by molar-refractivity contribution is 0.194. The molecule has 26 heavy (non-hydrogen) atoms. The molecule has 0 aromatic carbocycles. The van der Waals surface area contributed by atoms with Crippen LogP contribution in [0.4, 0.5) is 0 Å². The van der Waals surface area contributed by atoms with Gasteiger partial charge in [0.15, 0.2) is 0 Å². The Morgan fingerprint density at radius 2 is 2.04 bits per heavy atom. The summed E-state index contributed by atoms with van der Waals surface area (Å²) in [6.07, 6.45) is 5.92. The zero-order chi connectivity index (χ0) is 18.5. The van der Waals surface area contributed by atoms with Gasteiger partial charge in [0.25, 0.3) is 0 Å². The van der Waals surface area contributed by atoms with Gasteiger partial charge >= 0.3 is 5.69 Å². The first-order valence-electron chi connectivity index (χ1n) is 9.52. The van der Waals surface area contributed by atoms with Crippen LogP contribution >= 0.6 is 0 Å². The van der Waals surface area contributed by atoms with E-state index >= 15 is 0 Å². The predicted octanol–water partition coefficient (Wildman–Crippen LogP) is 1.40. The molecule has 0 spiro atoms. The highest BCUT2D eigenvalue weighted by Gasteiger charge is 2.27. The fourth-order valence-corrected chi connectivity index (χ4v) is 3.65. The number of likely N-dealkylation sites (N-methyl/N-ethyl adjacent to an activating group) is 1. The molecule has 3 heterocycles. The SMILES string of the molecule is CCn1c([C@@H]2CCCN(Cc3ccncc3)C2)nn(CCN(C)C)c1=O. The first-order valence-corrected chi connectivity index (χ1v) is 9.52. The van der Waals surface area contributed by atoms with E-state index in [0.29, 0.717) is 19.0 Å². The molecular formula is C19H30N6O. The van der Waals surface area contributed by atoms with Gasteiger partial charge in [0.05, 0.1) is 6.54 Å². The van der Waals surface area contributed by atoms with Crippen molar-refractivity contribution in [3.8, 4) is 0 Å². The Balaban J connectivity index is 1.75. The van der Waals surface area contributed by atoms with Crippen molar-refractivity contribution in [2.24, 2.45) is 0 Å². The molecule has 0 amide bonds. The molecule has 7 heteroatoms. The molecule has 1 aliphatic rings. The summed E-state index contributed by atoms with van der Waals surface area (Å²) in [4.78, 5) is 21.3. The molecule has 0 bridgehead atoms. The molecule has 1 saturated heterocycles. The van der Waals surface area contributed by atoms with Crippen LogP contribution in [0.2, 0.25) is 0 Å². The Kier molecular flexibility index (Phi) is 6.21. The van der Waals surface area contributed by atoms with Gasteiger partial charge in [-0.3, -0.25) is 14.5 Å². The van der Waals surface area contributed by atoms with Crippen LogP contribution in [0.25, 0.3) is 0 Å². The van der Waals surface area contributed by atoms with E-state index in [1.165, 1.54) is 5.56 Å². The largest absolute Gasteiger partial charge is 0.345 e. The number of hydrogen-bond acceptors (Lipinski definition) is 5. The van der Waals surface area contributed by atoms with Crippen LogP contribution in [0.15, 0.2) is 29.3 Å². The standard InChI is InChI=1S/C19H30N6O/c1-4-24-18(21-25(19(24)26)13-12-22(2)3)17-6-5-11-23(15-17)14-16-7-9-20-10-8-16/h7-10,17H,4-6,11-15H2,1-3H3/t17-/m1/s1. The molecule has 2 aromatic rings. The molecule has 1 aliphatic heterocycles. The van der Waals surface area contributed by atoms with E-state index in [0.717, 1.165) is 44.8 Å². The Morgan fingerprint density at radius 1 is 1.27 bits per heavy atom. The average molecular weight is 358 g/mol. The average Bonchev–Trinajstić information content (AvgIpc) is 2.97. The molecule has 0 saturated carbocycles. The van der Waals surface area contributed by atoms with Crippen LogP contribution in [0, 0.1) is 0 Å². The fourth-order valence-electron chi connectivity index (χ4n) is 3.65. The molecule has 0 unspecified atom stereocenters. The number of hydrogen-bond donors (Lipinski definition) is 0. The van der Waals surface area contributed by atoms with Crippen molar-refractivity contribution >= 4 is 0 Å². The van der Waals surface area contributed by atoms with E-state index in [1.54, 1.807) is 4.68 Å². The second-order valence-corrected chi connectivity index (χ2v) is 7.34. The summed E-state index contributed by atoms with van der Waals surface area (Å²) in [5.74, 6) is 1.27. The number of likely N-dealkylation sites (tertiary alicyclic amines) is 1. The summed E-state index contributed by atoms with van der Waals surface area (Å²) in [6, 6.07) is 4.14. The van der Waals surface area contributed by atoms with Crippen molar-refractivity contribution in [2.75, 3.05) is 33.7 Å². The van der Waals surface area contributed by atoms with Gasteiger partial charge in [-0.25, -0.2) is 9.48 Å². The molecule has 0 aliphatic carbocycles. The number of pyridine rings is 1. The Bertz CT molecular complexity index is 751. The quantitative estimate of drug-likeness (QED) is 0.749. The van der Waals surface area contributed by atoms with Gasteiger partial charge in [-0.15, -0.1) is 0 Å². The summed E-state index contributed by atoms with van der Waals surface area (Å²) in [5.41, 5.74) is 1.31. The van der Waals surface area contributed by atoms with Crippen LogP contribution in [0.3, 0.4) is 0 Å². The third-order valence-corrected chi connectivity index (χ3v) is 5.05. The van der Waals surface area contributed by atoms with Crippen molar-refractivity contribution < 1.29 is 0 Å². The van der Waals surface area contributed by atoms with Gasteiger partial charge in [-0.1, -0.05) is 0 Å². The maximum absolute atomic E-state index is 12.7. The molecule has 2 aromatic heterocycles. The maximum Gasteiger partial charge on any atom is 0.345 e. The summed E-state index contributed by atoms with van der Waals surface area (Å²) in [7, 11) is 4.03. The number of nitrogens with zero attached hydrogens (tertiary/aromatic N) is 6. The van der Waals surface area contributed by atoms with Crippen molar-refractivity contribution in [3.63, 3.8) is 0 Å². The van der Waals surface area contributed by atoms with E-state index in [4.69, 9.17) is 5.10 Å². The van der Waals surface area contributed by atoms with E-state index in [1.807, 2.05) is 38.0 Å². The van der Waals surface area contributed by atoms with Crippen LogP contribution < -0.4 is 5.69 Å². The normalized spacial score (nSPS) is 18.5. The Morgan fingerprint density at radius 3 is 2.73 bits per heavy atom. The third-order valence-electron chi connectivity index (χ3n) is 5.05. The van der Waals surface area contributed by atoms with Crippen molar-refractivity contribution in [3.05, 3.63) is 46.4 Å². The Labute approximate surface area is 155 Å². The zero-order valence-corrected chi connectivity index (χ0v) is 16.1. The molecule has 0 N–H and O–H groups in total. The first kappa shape index (κ1) is 18.8. The van der Waals surface area contributed by atoms with Crippen LogP contribution in [0.5, 0.6) is 0 Å². The zero-order valence-electron chi connectivity index (χ0n) is 16.1. The Hall–Kier alpha value is -1.99. The van der Waals surface area contributed by atoms with Gasteiger partial charge in [0.2, 0.25) is 0 Å². The first-order chi connectivity index (χ1) is 12.6. The molecule has 1 fully saturated rings. The topological polar surface area (TPSA) is 59.2 Å². The van der Waals surface area contributed by atoms with Crippen LogP contribution in [-0.4, -0.2) is 62.9 Å². The van der Waals surface area contributed by atoms with E-state index in [2.05, 4.69) is 26.9 Å². The van der Waals surface area contributed by atoms with Gasteiger partial charge in [0, 0.05) is 44.5 Å². The maximum atomic E-state index is 12.7. The number of rotatable bonds is 7. The smallest absolute Gasteiger partial charge is 0.308 e. The molecule has 3 rings (SSSR count). The van der Waals surface area contributed by atoms with Crippen molar-refractivity contribution in [1.29, 1.82) is 0 Å². The molecule has 1 atom stereocenters. The lowest BCUT2D eigenvalue weighted by Gasteiger charge is -2.32. The van der Waals surface area contributed by atoms with Gasteiger partial charge in [-0.2, -0.15) is 5.10 Å². The molecule has 7 nitrogen and oxygen atoms in total. The third kappa shape index (κ3) is 4.40. The summed E-state index contributed by atoms with van der Waals surface area (Å²) in [5, 5.41) is 4.72. The summed E-state index contributed by atoms with van der Waals surface area (Å²) >= 11 is 0. The van der Waals surface area contributed by atoms with Crippen molar-refractivity contribution in [1.82, 2.24) is 29.1 Å². The van der Waals surface area contributed by atoms with E-state index < -0.39 is 0 Å². The second-order valence-electron chi connectivity index (χ2n) is 7.34. The van der Waals surface area contributed by atoms with Crippen molar-refractivity contribution in [2.45, 2.75) is 45.3 Å². The number of aromatic nitrogens is 4. The number of piperidine rings is 1. The highest BCUT2D eigenvalue weighted by Crippen LogP contribution is 2.26. The highest BCUT2D eigenvalue weighted by atomic mass is 16.2.